The Kier molecular flexibility index (Phi) is 6.73. The van der Waals surface area contributed by atoms with Crippen LogP contribution < -0.4 is 10.5 Å². The van der Waals surface area contributed by atoms with E-state index in [0.717, 1.165) is 45.8 Å². The van der Waals surface area contributed by atoms with Gasteiger partial charge in [-0.15, -0.1) is 0 Å². The molecule has 0 saturated carbocycles. The summed E-state index contributed by atoms with van der Waals surface area (Å²) in [5.74, 6) is 2.16. The minimum atomic E-state index is -0.538. The SMILES string of the molecule is CC(C)c1c(-c2ccc(Oc3ccccc3)cc2)c2c(N)ncnc2n1C1CCN(C(=O)OC(C)(C)C)C1. The van der Waals surface area contributed by atoms with Gasteiger partial charge in [0.05, 0.1) is 11.4 Å². The van der Waals surface area contributed by atoms with E-state index in [0.29, 0.717) is 18.9 Å². The van der Waals surface area contributed by atoms with Gasteiger partial charge in [-0.25, -0.2) is 14.8 Å². The Bertz CT molecular complexity index is 1440. The van der Waals surface area contributed by atoms with Gasteiger partial charge < -0.3 is 24.7 Å². The van der Waals surface area contributed by atoms with Crippen molar-refractivity contribution in [2.75, 3.05) is 18.8 Å². The normalized spacial score (nSPS) is 15.8. The number of fused-ring (bicyclic) bond motifs is 1. The van der Waals surface area contributed by atoms with Crippen molar-refractivity contribution in [1.82, 2.24) is 19.4 Å². The summed E-state index contributed by atoms with van der Waals surface area (Å²) in [6.07, 6.45) is 2.03. The first kappa shape index (κ1) is 25.6. The molecule has 1 aliphatic heterocycles. The number of nitrogen functional groups attached to an aromatic ring is 1. The summed E-state index contributed by atoms with van der Waals surface area (Å²) in [4.78, 5) is 23.6. The Hall–Kier alpha value is -4.07. The zero-order chi connectivity index (χ0) is 27.0. The third-order valence-corrected chi connectivity index (χ3v) is 6.70. The van der Waals surface area contributed by atoms with Crippen molar-refractivity contribution >= 4 is 22.9 Å². The number of nitrogens with two attached hydrogens (primary N) is 1. The van der Waals surface area contributed by atoms with Gasteiger partial charge in [-0.1, -0.05) is 44.2 Å². The van der Waals surface area contributed by atoms with E-state index < -0.39 is 5.60 Å². The molecule has 0 aliphatic carbocycles. The number of likely N-dealkylation sites (tertiary alicyclic amines) is 1. The van der Waals surface area contributed by atoms with Gasteiger partial charge in [0, 0.05) is 24.3 Å². The van der Waals surface area contributed by atoms with Crippen LogP contribution in [-0.2, 0) is 4.74 Å². The molecule has 0 bridgehead atoms. The Morgan fingerprint density at radius 3 is 2.37 bits per heavy atom. The van der Waals surface area contributed by atoms with Crippen molar-refractivity contribution in [2.45, 2.75) is 58.6 Å². The lowest BCUT2D eigenvalue weighted by Crippen LogP contribution is -2.35. The zero-order valence-corrected chi connectivity index (χ0v) is 22.6. The van der Waals surface area contributed by atoms with Crippen molar-refractivity contribution in [3.63, 3.8) is 0 Å². The van der Waals surface area contributed by atoms with Crippen LogP contribution in [0.1, 0.15) is 58.7 Å². The number of rotatable bonds is 5. The summed E-state index contributed by atoms with van der Waals surface area (Å²) in [7, 11) is 0. The highest BCUT2D eigenvalue weighted by Crippen LogP contribution is 2.43. The molecule has 2 aromatic heterocycles. The molecule has 0 spiro atoms. The van der Waals surface area contributed by atoms with Gasteiger partial charge in [0.2, 0.25) is 0 Å². The summed E-state index contributed by atoms with van der Waals surface area (Å²) in [6.45, 7) is 11.2. The molecule has 1 atom stereocenters. The lowest BCUT2D eigenvalue weighted by molar-refractivity contribution is 0.0289. The van der Waals surface area contributed by atoms with E-state index in [1.165, 1.54) is 6.33 Å². The second kappa shape index (κ2) is 10.0. The van der Waals surface area contributed by atoms with Gasteiger partial charge in [0.25, 0.3) is 0 Å². The molecule has 1 aliphatic rings. The Labute approximate surface area is 223 Å². The molecule has 8 nitrogen and oxygen atoms in total. The Morgan fingerprint density at radius 2 is 1.71 bits per heavy atom. The highest BCUT2D eigenvalue weighted by atomic mass is 16.6. The van der Waals surface area contributed by atoms with Crippen molar-refractivity contribution in [2.24, 2.45) is 0 Å². The number of hydrogen-bond donors (Lipinski definition) is 1. The Balaban J connectivity index is 1.55. The summed E-state index contributed by atoms with van der Waals surface area (Å²) >= 11 is 0. The topological polar surface area (TPSA) is 95.5 Å². The number of nitrogens with zero attached hydrogens (tertiary/aromatic N) is 4. The molecule has 3 heterocycles. The molecule has 5 rings (SSSR count). The average molecular weight is 514 g/mol. The van der Waals surface area contributed by atoms with E-state index >= 15 is 0 Å². The molecule has 1 amide bonds. The first-order valence-electron chi connectivity index (χ1n) is 13.1. The van der Waals surface area contributed by atoms with Crippen molar-refractivity contribution in [1.29, 1.82) is 0 Å². The molecule has 0 radical (unpaired) electrons. The number of aromatic nitrogens is 3. The van der Waals surface area contributed by atoms with Gasteiger partial charge in [-0.05, 0) is 62.9 Å². The van der Waals surface area contributed by atoms with Crippen LogP contribution in [0.15, 0.2) is 60.9 Å². The van der Waals surface area contributed by atoms with E-state index in [-0.39, 0.29) is 18.1 Å². The van der Waals surface area contributed by atoms with E-state index in [1.54, 1.807) is 4.90 Å². The molecule has 38 heavy (non-hydrogen) atoms. The van der Waals surface area contributed by atoms with E-state index in [9.17, 15) is 4.79 Å². The van der Waals surface area contributed by atoms with Gasteiger partial charge >= 0.3 is 6.09 Å². The molecular formula is C30H35N5O3. The van der Waals surface area contributed by atoms with Crippen LogP contribution in [0, 0.1) is 0 Å². The van der Waals surface area contributed by atoms with E-state index in [1.807, 2.05) is 63.2 Å². The van der Waals surface area contributed by atoms with Crippen LogP contribution in [0.5, 0.6) is 11.5 Å². The molecule has 4 aromatic rings. The Morgan fingerprint density at radius 1 is 1.03 bits per heavy atom. The smallest absolute Gasteiger partial charge is 0.410 e. The highest BCUT2D eigenvalue weighted by Gasteiger charge is 2.35. The molecule has 1 saturated heterocycles. The van der Waals surface area contributed by atoms with Crippen LogP contribution in [0.25, 0.3) is 22.2 Å². The van der Waals surface area contributed by atoms with Gasteiger partial charge in [0.15, 0.2) is 0 Å². The van der Waals surface area contributed by atoms with Crippen LogP contribution >= 0.6 is 0 Å². The van der Waals surface area contributed by atoms with Crippen molar-refractivity contribution < 1.29 is 14.3 Å². The van der Waals surface area contributed by atoms with Crippen LogP contribution in [0.2, 0.25) is 0 Å². The summed E-state index contributed by atoms with van der Waals surface area (Å²) in [5, 5.41) is 0.837. The van der Waals surface area contributed by atoms with E-state index in [4.69, 9.17) is 20.2 Å². The average Bonchev–Trinajstić information content (AvgIpc) is 3.48. The van der Waals surface area contributed by atoms with Crippen LogP contribution in [0.3, 0.4) is 0 Å². The molecular weight excluding hydrogens is 478 g/mol. The first-order chi connectivity index (χ1) is 18.1. The van der Waals surface area contributed by atoms with Crippen molar-refractivity contribution in [3.8, 4) is 22.6 Å². The standard InChI is InChI=1S/C30H35N5O3/c1-19(2)26-24(20-11-13-23(14-12-20)37-22-9-7-6-8-10-22)25-27(31)32-18-33-28(25)35(26)21-15-16-34(17-21)29(36)38-30(3,4)5/h6-14,18-19,21H,15-17H2,1-5H3,(H2,31,32,33). The van der Waals surface area contributed by atoms with Crippen LogP contribution in [-0.4, -0.2) is 44.2 Å². The second-order valence-electron chi connectivity index (χ2n) is 11.1. The number of carbonyl (C=O) groups is 1. The number of benzene rings is 2. The molecule has 198 valence electrons. The third kappa shape index (κ3) is 5.03. The molecule has 1 fully saturated rings. The molecule has 1 unspecified atom stereocenters. The van der Waals surface area contributed by atoms with Gasteiger partial charge in [-0.3, -0.25) is 0 Å². The molecule has 2 N–H and O–H groups in total. The summed E-state index contributed by atoms with van der Waals surface area (Å²) < 4.78 is 13.9. The van der Waals surface area contributed by atoms with E-state index in [2.05, 4.69) is 35.5 Å². The lowest BCUT2D eigenvalue weighted by atomic mass is 9.97. The number of carbonyl (C=O) groups excluding carboxylic acids is 1. The number of hydrogen-bond acceptors (Lipinski definition) is 6. The largest absolute Gasteiger partial charge is 0.457 e. The highest BCUT2D eigenvalue weighted by molar-refractivity contribution is 6.02. The fourth-order valence-corrected chi connectivity index (χ4v) is 5.16. The minimum Gasteiger partial charge on any atom is -0.457 e. The maximum Gasteiger partial charge on any atom is 0.410 e. The zero-order valence-electron chi connectivity index (χ0n) is 22.6. The quantitative estimate of drug-likeness (QED) is 0.316. The fourth-order valence-electron chi connectivity index (χ4n) is 5.16. The van der Waals surface area contributed by atoms with Crippen molar-refractivity contribution in [3.05, 3.63) is 66.6 Å². The number of ether oxygens (including phenoxy) is 2. The summed E-state index contributed by atoms with van der Waals surface area (Å²) in [6, 6.07) is 17.8. The molecule has 8 heteroatoms. The fraction of sp³-hybridized carbons (Fsp3) is 0.367. The minimum absolute atomic E-state index is 0.0474. The number of amides is 1. The van der Waals surface area contributed by atoms with Gasteiger partial charge in [0.1, 0.15) is 34.9 Å². The maximum absolute atomic E-state index is 12.8. The monoisotopic (exact) mass is 513 g/mol. The number of para-hydroxylation sites is 1. The predicted molar refractivity (Wildman–Crippen MR) is 149 cm³/mol. The third-order valence-electron chi connectivity index (χ3n) is 6.70. The lowest BCUT2D eigenvalue weighted by Gasteiger charge is -2.25. The second-order valence-corrected chi connectivity index (χ2v) is 11.1. The first-order valence-corrected chi connectivity index (χ1v) is 13.1. The van der Waals surface area contributed by atoms with Gasteiger partial charge in [-0.2, -0.15) is 0 Å². The molecule has 2 aromatic carbocycles. The predicted octanol–water partition coefficient (Wildman–Crippen LogP) is 6.78. The number of anilines is 1. The maximum atomic E-state index is 12.8. The van der Waals surface area contributed by atoms with Crippen LogP contribution in [0.4, 0.5) is 10.6 Å². The summed E-state index contributed by atoms with van der Waals surface area (Å²) in [5.41, 5.74) is 9.89.